The molecule has 0 unspecified atom stereocenters. The first kappa shape index (κ1) is 11.6. The van der Waals surface area contributed by atoms with Gasteiger partial charge in [-0.25, -0.2) is 0 Å². The lowest BCUT2D eigenvalue weighted by atomic mass is 10.2. The summed E-state index contributed by atoms with van der Waals surface area (Å²) >= 11 is 17.6. The molecule has 0 saturated carbocycles. The lowest BCUT2D eigenvalue weighted by molar-refractivity contribution is -0.114. The minimum Gasteiger partial charge on any atom is -0.325 e. The van der Waals surface area contributed by atoms with Crippen molar-refractivity contribution >= 4 is 46.4 Å². The lowest BCUT2D eigenvalue weighted by Crippen LogP contribution is -2.08. The Balaban J connectivity index is 3.29. The third-order valence-electron chi connectivity index (χ3n) is 1.71. The van der Waals surface area contributed by atoms with E-state index in [1.54, 1.807) is 6.92 Å². The summed E-state index contributed by atoms with van der Waals surface area (Å²) in [6, 6.07) is 1.50. The van der Waals surface area contributed by atoms with E-state index in [1.165, 1.54) is 13.0 Å². The van der Waals surface area contributed by atoms with Crippen LogP contribution in [0.3, 0.4) is 0 Å². The molecule has 0 atom stereocenters. The predicted octanol–water partition coefficient (Wildman–Crippen LogP) is 3.91. The van der Waals surface area contributed by atoms with E-state index in [1.807, 2.05) is 0 Å². The summed E-state index contributed by atoms with van der Waals surface area (Å²) in [5, 5.41) is 3.76. The highest BCUT2D eigenvalue weighted by molar-refractivity contribution is 6.44. The van der Waals surface area contributed by atoms with Crippen LogP contribution in [-0.2, 0) is 4.79 Å². The van der Waals surface area contributed by atoms with Gasteiger partial charge < -0.3 is 5.32 Å². The van der Waals surface area contributed by atoms with Crippen LogP contribution in [0.4, 0.5) is 5.69 Å². The summed E-state index contributed by atoms with van der Waals surface area (Å²) in [7, 11) is 0. The zero-order valence-corrected chi connectivity index (χ0v) is 9.89. The molecule has 0 aromatic heterocycles. The van der Waals surface area contributed by atoms with Gasteiger partial charge in [-0.2, -0.15) is 0 Å². The molecule has 0 saturated heterocycles. The van der Waals surface area contributed by atoms with Crippen molar-refractivity contribution in [2.45, 2.75) is 13.8 Å². The highest BCUT2D eigenvalue weighted by atomic mass is 35.5. The normalized spacial score (nSPS) is 10.1. The van der Waals surface area contributed by atoms with Crippen molar-refractivity contribution in [2.75, 3.05) is 5.32 Å². The molecule has 5 heteroatoms. The number of halogens is 3. The fourth-order valence-corrected chi connectivity index (χ4v) is 1.80. The van der Waals surface area contributed by atoms with E-state index in [0.29, 0.717) is 26.3 Å². The van der Waals surface area contributed by atoms with Crippen LogP contribution in [0.1, 0.15) is 12.5 Å². The minimum absolute atomic E-state index is 0.201. The fourth-order valence-electron chi connectivity index (χ4n) is 1.04. The highest BCUT2D eigenvalue weighted by Crippen LogP contribution is 2.36. The molecule has 0 heterocycles. The van der Waals surface area contributed by atoms with Crippen LogP contribution >= 0.6 is 34.8 Å². The maximum absolute atomic E-state index is 10.9. The van der Waals surface area contributed by atoms with Crippen molar-refractivity contribution < 1.29 is 4.79 Å². The van der Waals surface area contributed by atoms with Crippen molar-refractivity contribution in [3.63, 3.8) is 0 Å². The average Bonchev–Trinajstić information content (AvgIpc) is 2.09. The number of carbonyl (C=O) groups excluding carboxylic acids is 1. The molecule has 0 radical (unpaired) electrons. The van der Waals surface area contributed by atoms with E-state index in [-0.39, 0.29) is 5.91 Å². The molecule has 1 aromatic rings. The first-order chi connectivity index (χ1) is 6.43. The standard InChI is InChI=1S/C9H8Cl3NO/c1-4-8(12)6(10)3-7(11)9(4)13-5(2)14/h3H,1-2H3,(H,13,14). The lowest BCUT2D eigenvalue weighted by Gasteiger charge is -2.11. The van der Waals surface area contributed by atoms with Gasteiger partial charge in [0.25, 0.3) is 0 Å². The number of nitrogens with one attached hydrogen (secondary N) is 1. The second-order valence-electron chi connectivity index (χ2n) is 2.84. The van der Waals surface area contributed by atoms with Gasteiger partial charge in [-0.3, -0.25) is 4.79 Å². The molecule has 0 fully saturated rings. The second-order valence-corrected chi connectivity index (χ2v) is 4.03. The first-order valence-electron chi connectivity index (χ1n) is 3.85. The van der Waals surface area contributed by atoms with Gasteiger partial charge in [0.2, 0.25) is 5.91 Å². The molecule has 2 nitrogen and oxygen atoms in total. The van der Waals surface area contributed by atoms with Crippen molar-refractivity contribution in [1.82, 2.24) is 0 Å². The van der Waals surface area contributed by atoms with Gasteiger partial charge in [-0.1, -0.05) is 34.8 Å². The first-order valence-corrected chi connectivity index (χ1v) is 4.98. The van der Waals surface area contributed by atoms with Crippen LogP contribution in [0, 0.1) is 6.92 Å². The van der Waals surface area contributed by atoms with Crippen molar-refractivity contribution in [2.24, 2.45) is 0 Å². The van der Waals surface area contributed by atoms with Crippen LogP contribution in [0.15, 0.2) is 6.07 Å². The number of anilines is 1. The summed E-state index contributed by atoms with van der Waals surface area (Å²) < 4.78 is 0. The third kappa shape index (κ3) is 2.32. The van der Waals surface area contributed by atoms with Gasteiger partial charge in [-0.05, 0) is 18.6 Å². The zero-order valence-electron chi connectivity index (χ0n) is 7.62. The molecule has 76 valence electrons. The Morgan fingerprint density at radius 2 is 1.86 bits per heavy atom. The maximum Gasteiger partial charge on any atom is 0.221 e. The summed E-state index contributed by atoms with van der Waals surface area (Å²) in [5.41, 5.74) is 1.17. The molecule has 1 N–H and O–H groups in total. The van der Waals surface area contributed by atoms with Gasteiger partial charge in [0.05, 0.1) is 20.8 Å². The minimum atomic E-state index is -0.201. The van der Waals surface area contributed by atoms with Gasteiger partial charge in [0.15, 0.2) is 0 Å². The largest absolute Gasteiger partial charge is 0.325 e. The summed E-state index contributed by atoms with van der Waals surface area (Å²) in [5.74, 6) is -0.201. The summed E-state index contributed by atoms with van der Waals surface area (Å²) in [4.78, 5) is 10.9. The fraction of sp³-hybridized carbons (Fsp3) is 0.222. The van der Waals surface area contributed by atoms with Gasteiger partial charge in [0, 0.05) is 6.92 Å². The van der Waals surface area contributed by atoms with Crippen LogP contribution in [0.5, 0.6) is 0 Å². The zero-order chi connectivity index (χ0) is 10.9. The molecule has 0 spiro atoms. The molecule has 1 aromatic carbocycles. The monoisotopic (exact) mass is 251 g/mol. The van der Waals surface area contributed by atoms with Gasteiger partial charge >= 0.3 is 0 Å². The smallest absolute Gasteiger partial charge is 0.221 e. The van der Waals surface area contributed by atoms with E-state index in [0.717, 1.165) is 0 Å². The van der Waals surface area contributed by atoms with E-state index in [9.17, 15) is 4.79 Å². The second kappa shape index (κ2) is 4.39. The van der Waals surface area contributed by atoms with E-state index < -0.39 is 0 Å². The van der Waals surface area contributed by atoms with Crippen LogP contribution in [0.25, 0.3) is 0 Å². The SMILES string of the molecule is CC(=O)Nc1c(Cl)cc(Cl)c(Cl)c1C. The van der Waals surface area contributed by atoms with Crippen LogP contribution in [-0.4, -0.2) is 5.91 Å². The Hall–Kier alpha value is -0.440. The van der Waals surface area contributed by atoms with Crippen molar-refractivity contribution in [1.29, 1.82) is 0 Å². The topological polar surface area (TPSA) is 29.1 Å². The van der Waals surface area contributed by atoms with Crippen molar-refractivity contribution in [3.05, 3.63) is 26.7 Å². The number of rotatable bonds is 1. The predicted molar refractivity (Wildman–Crippen MR) is 60.5 cm³/mol. The van der Waals surface area contributed by atoms with E-state index >= 15 is 0 Å². The highest BCUT2D eigenvalue weighted by Gasteiger charge is 2.12. The Bertz CT molecular complexity index is 390. The Morgan fingerprint density at radius 1 is 1.29 bits per heavy atom. The van der Waals surface area contributed by atoms with E-state index in [4.69, 9.17) is 34.8 Å². The average molecular weight is 253 g/mol. The third-order valence-corrected chi connectivity index (χ3v) is 2.89. The molecular weight excluding hydrogens is 244 g/mol. The quantitative estimate of drug-likeness (QED) is 0.754. The molecule has 0 aliphatic rings. The molecule has 0 bridgehead atoms. The molecule has 1 rings (SSSR count). The number of benzene rings is 1. The van der Waals surface area contributed by atoms with Crippen LogP contribution in [0.2, 0.25) is 15.1 Å². The van der Waals surface area contributed by atoms with Gasteiger partial charge in [-0.15, -0.1) is 0 Å². The Kier molecular flexibility index (Phi) is 3.65. The Morgan fingerprint density at radius 3 is 2.36 bits per heavy atom. The number of carbonyl (C=O) groups is 1. The molecule has 1 amide bonds. The molecule has 14 heavy (non-hydrogen) atoms. The van der Waals surface area contributed by atoms with E-state index in [2.05, 4.69) is 5.32 Å². The maximum atomic E-state index is 10.9. The van der Waals surface area contributed by atoms with Crippen LogP contribution < -0.4 is 5.32 Å². The van der Waals surface area contributed by atoms with Gasteiger partial charge in [0.1, 0.15) is 0 Å². The number of hydrogen-bond donors (Lipinski definition) is 1. The Labute approximate surface area is 97.1 Å². The molecule has 0 aliphatic carbocycles. The summed E-state index contributed by atoms with van der Waals surface area (Å²) in [6.45, 7) is 3.14. The van der Waals surface area contributed by atoms with Crippen molar-refractivity contribution in [3.8, 4) is 0 Å². The summed E-state index contributed by atoms with van der Waals surface area (Å²) in [6.07, 6.45) is 0. The number of hydrogen-bond acceptors (Lipinski definition) is 1. The molecular formula is C9H8Cl3NO. The molecule has 0 aliphatic heterocycles. The number of amides is 1.